The summed E-state index contributed by atoms with van der Waals surface area (Å²) in [4.78, 5) is 4.87. The van der Waals surface area contributed by atoms with E-state index >= 15 is 0 Å². The van der Waals surface area contributed by atoms with Crippen molar-refractivity contribution in [2.45, 2.75) is 25.9 Å². The van der Waals surface area contributed by atoms with Gasteiger partial charge in [-0.3, -0.25) is 4.90 Å². The molecular formula is C16H26N2O3. The molecule has 1 N–H and O–H groups in total. The molecule has 2 rings (SSSR count). The third-order valence-electron chi connectivity index (χ3n) is 4.28. The zero-order chi connectivity index (χ0) is 15.4. The Morgan fingerprint density at radius 2 is 1.81 bits per heavy atom. The molecule has 118 valence electrons. The molecule has 0 saturated carbocycles. The molecule has 1 aliphatic heterocycles. The first-order valence-corrected chi connectivity index (χ1v) is 7.45. The molecule has 1 atom stereocenters. The third-order valence-corrected chi connectivity index (χ3v) is 4.28. The minimum Gasteiger partial charge on any atom is -0.502 e. The zero-order valence-corrected chi connectivity index (χ0v) is 13.4. The first-order valence-electron chi connectivity index (χ1n) is 7.45. The lowest BCUT2D eigenvalue weighted by Gasteiger charge is -2.39. The minimum atomic E-state index is 0.0635. The van der Waals surface area contributed by atoms with Gasteiger partial charge in [-0.05, 0) is 31.2 Å². The van der Waals surface area contributed by atoms with Crippen molar-refractivity contribution in [1.82, 2.24) is 9.80 Å². The molecule has 0 spiro atoms. The number of phenolic OH excluding ortho intramolecular Hbond substituents is 1. The topological polar surface area (TPSA) is 45.2 Å². The fourth-order valence-electron chi connectivity index (χ4n) is 2.89. The van der Waals surface area contributed by atoms with Gasteiger partial charge in [0.1, 0.15) is 0 Å². The van der Waals surface area contributed by atoms with Gasteiger partial charge < -0.3 is 19.5 Å². The van der Waals surface area contributed by atoms with E-state index in [1.54, 1.807) is 14.2 Å². The first-order chi connectivity index (χ1) is 10.1. The van der Waals surface area contributed by atoms with Crippen LogP contribution in [0.2, 0.25) is 0 Å². The van der Waals surface area contributed by atoms with Crippen LogP contribution in [0.15, 0.2) is 12.1 Å². The predicted molar refractivity (Wildman–Crippen MR) is 83.2 cm³/mol. The van der Waals surface area contributed by atoms with Crippen LogP contribution in [-0.2, 0) is 6.54 Å². The number of benzene rings is 1. The first kappa shape index (κ1) is 15.9. The molecular weight excluding hydrogens is 268 g/mol. The van der Waals surface area contributed by atoms with E-state index < -0.39 is 0 Å². The van der Waals surface area contributed by atoms with Crippen LogP contribution in [0.3, 0.4) is 0 Å². The number of hydrogen-bond donors (Lipinski definition) is 1. The number of ether oxygens (including phenoxy) is 2. The van der Waals surface area contributed by atoms with Gasteiger partial charge in [-0.15, -0.1) is 0 Å². The molecule has 5 heteroatoms. The Bertz CT molecular complexity index is 454. The van der Waals surface area contributed by atoms with Gasteiger partial charge in [0.15, 0.2) is 11.5 Å². The van der Waals surface area contributed by atoms with Gasteiger partial charge in [-0.2, -0.15) is 0 Å². The fourth-order valence-corrected chi connectivity index (χ4v) is 2.89. The summed E-state index contributed by atoms with van der Waals surface area (Å²) in [6.45, 7) is 6.29. The molecule has 0 aliphatic carbocycles. The summed E-state index contributed by atoms with van der Waals surface area (Å²) in [6.07, 6.45) is 1.16. The monoisotopic (exact) mass is 294 g/mol. The number of hydrogen-bond acceptors (Lipinski definition) is 5. The Balaban J connectivity index is 2.12. The molecule has 1 fully saturated rings. The molecule has 1 heterocycles. The lowest BCUT2D eigenvalue weighted by Crippen LogP contribution is -2.50. The molecule has 0 bridgehead atoms. The van der Waals surface area contributed by atoms with Crippen molar-refractivity contribution in [3.8, 4) is 17.2 Å². The summed E-state index contributed by atoms with van der Waals surface area (Å²) in [6, 6.07) is 4.38. The van der Waals surface area contributed by atoms with Gasteiger partial charge in [0.05, 0.1) is 14.2 Å². The van der Waals surface area contributed by atoms with Gasteiger partial charge in [0, 0.05) is 32.2 Å². The van der Waals surface area contributed by atoms with Crippen molar-refractivity contribution in [2.75, 3.05) is 40.9 Å². The van der Waals surface area contributed by atoms with Crippen LogP contribution in [0, 0.1) is 0 Å². The van der Waals surface area contributed by atoms with E-state index in [1.165, 1.54) is 0 Å². The Hall–Kier alpha value is -1.46. The summed E-state index contributed by atoms with van der Waals surface area (Å²) in [5, 5.41) is 9.96. The van der Waals surface area contributed by atoms with Crippen LogP contribution >= 0.6 is 0 Å². The van der Waals surface area contributed by atoms with Crippen molar-refractivity contribution >= 4 is 0 Å². The van der Waals surface area contributed by atoms with Crippen LogP contribution in [0.4, 0.5) is 0 Å². The summed E-state index contributed by atoms with van der Waals surface area (Å²) < 4.78 is 10.4. The lowest BCUT2D eigenvalue weighted by molar-refractivity contribution is 0.0882. The molecule has 1 unspecified atom stereocenters. The number of aromatic hydroxyl groups is 1. The largest absolute Gasteiger partial charge is 0.502 e. The van der Waals surface area contributed by atoms with Crippen molar-refractivity contribution in [3.63, 3.8) is 0 Å². The standard InChI is InChI=1S/C16H26N2O3/c1-5-13-11-18(7-6-17(13)2)10-12-8-14(20-3)16(19)15(9-12)21-4/h8-9,13,19H,5-7,10-11H2,1-4H3. The number of methoxy groups -OCH3 is 2. The second-order valence-corrected chi connectivity index (χ2v) is 5.63. The summed E-state index contributed by atoms with van der Waals surface area (Å²) in [5.74, 6) is 0.990. The number of nitrogens with zero attached hydrogens (tertiary/aromatic N) is 2. The Kier molecular flexibility index (Phi) is 5.31. The third kappa shape index (κ3) is 3.60. The molecule has 0 radical (unpaired) electrons. The fraction of sp³-hybridized carbons (Fsp3) is 0.625. The van der Waals surface area contributed by atoms with E-state index in [0.29, 0.717) is 17.5 Å². The summed E-state index contributed by atoms with van der Waals surface area (Å²) in [5.41, 5.74) is 1.10. The maximum absolute atomic E-state index is 9.96. The molecule has 0 amide bonds. The predicted octanol–water partition coefficient (Wildman–Crippen LogP) is 1.94. The van der Waals surface area contributed by atoms with Crippen LogP contribution < -0.4 is 9.47 Å². The maximum atomic E-state index is 9.96. The van der Waals surface area contributed by atoms with E-state index in [2.05, 4.69) is 23.8 Å². The van der Waals surface area contributed by atoms with Crippen molar-refractivity contribution in [2.24, 2.45) is 0 Å². The number of rotatable bonds is 5. The van der Waals surface area contributed by atoms with Gasteiger partial charge >= 0.3 is 0 Å². The van der Waals surface area contributed by atoms with Crippen LogP contribution in [0.5, 0.6) is 17.2 Å². The summed E-state index contributed by atoms with van der Waals surface area (Å²) in [7, 11) is 5.31. The lowest BCUT2D eigenvalue weighted by atomic mass is 10.1. The van der Waals surface area contributed by atoms with E-state index in [-0.39, 0.29) is 5.75 Å². The average molecular weight is 294 g/mol. The van der Waals surface area contributed by atoms with Gasteiger partial charge in [0.2, 0.25) is 5.75 Å². The van der Waals surface area contributed by atoms with Crippen LogP contribution in [-0.4, -0.2) is 61.8 Å². The highest BCUT2D eigenvalue weighted by molar-refractivity contribution is 5.52. The highest BCUT2D eigenvalue weighted by Gasteiger charge is 2.23. The van der Waals surface area contributed by atoms with E-state index in [1.807, 2.05) is 12.1 Å². The normalized spacial score (nSPS) is 20.5. The smallest absolute Gasteiger partial charge is 0.200 e. The minimum absolute atomic E-state index is 0.0635. The van der Waals surface area contributed by atoms with Crippen LogP contribution in [0.1, 0.15) is 18.9 Å². The zero-order valence-electron chi connectivity index (χ0n) is 13.4. The van der Waals surface area contributed by atoms with Gasteiger partial charge in [0.25, 0.3) is 0 Å². The Labute approximate surface area is 127 Å². The molecule has 21 heavy (non-hydrogen) atoms. The van der Waals surface area contributed by atoms with Crippen molar-refractivity contribution in [3.05, 3.63) is 17.7 Å². The van der Waals surface area contributed by atoms with E-state index in [9.17, 15) is 5.11 Å². The maximum Gasteiger partial charge on any atom is 0.200 e. The van der Waals surface area contributed by atoms with E-state index in [0.717, 1.165) is 38.2 Å². The van der Waals surface area contributed by atoms with E-state index in [4.69, 9.17) is 9.47 Å². The van der Waals surface area contributed by atoms with Gasteiger partial charge in [-0.25, -0.2) is 0 Å². The van der Waals surface area contributed by atoms with Crippen molar-refractivity contribution < 1.29 is 14.6 Å². The molecule has 1 saturated heterocycles. The SMILES string of the molecule is CCC1CN(Cc2cc(OC)c(O)c(OC)c2)CCN1C. The highest BCUT2D eigenvalue weighted by atomic mass is 16.5. The van der Waals surface area contributed by atoms with Crippen LogP contribution in [0.25, 0.3) is 0 Å². The second-order valence-electron chi connectivity index (χ2n) is 5.63. The summed E-state index contributed by atoms with van der Waals surface area (Å²) >= 11 is 0. The van der Waals surface area contributed by atoms with Crippen molar-refractivity contribution in [1.29, 1.82) is 0 Å². The Morgan fingerprint density at radius 3 is 2.33 bits per heavy atom. The highest BCUT2D eigenvalue weighted by Crippen LogP contribution is 2.37. The quantitative estimate of drug-likeness (QED) is 0.899. The molecule has 5 nitrogen and oxygen atoms in total. The molecule has 1 aliphatic rings. The number of piperazine rings is 1. The Morgan fingerprint density at radius 1 is 1.19 bits per heavy atom. The molecule has 0 aromatic heterocycles. The van der Waals surface area contributed by atoms with Gasteiger partial charge in [-0.1, -0.05) is 6.92 Å². The second kappa shape index (κ2) is 7.00. The molecule has 1 aromatic carbocycles. The molecule has 1 aromatic rings. The average Bonchev–Trinajstić information content (AvgIpc) is 2.50. The number of phenols is 1. The number of likely N-dealkylation sites (N-methyl/N-ethyl adjacent to an activating group) is 1.